The number of carbonyl (C=O) groups is 1. The van der Waals surface area contributed by atoms with Crippen LogP contribution in [0.25, 0.3) is 11.1 Å². The molecule has 2 aromatic carbocycles. The molecule has 0 amide bonds. The second-order valence-corrected chi connectivity index (χ2v) is 6.92. The van der Waals surface area contributed by atoms with Crippen molar-refractivity contribution in [3.8, 4) is 22.6 Å². The Morgan fingerprint density at radius 3 is 2.22 bits per heavy atom. The molecule has 2 rings (SSSR count). The fourth-order valence-corrected chi connectivity index (χ4v) is 2.89. The largest absolute Gasteiger partial charge is 0.507 e. The van der Waals surface area contributed by atoms with Crippen LogP contribution in [0.15, 0.2) is 59.7 Å². The average molecular weight is 366 g/mol. The van der Waals surface area contributed by atoms with Gasteiger partial charge >= 0.3 is 5.97 Å². The first-order valence-electron chi connectivity index (χ1n) is 8.96. The third kappa shape index (κ3) is 5.48. The number of carboxylic acids is 1. The minimum absolute atomic E-state index is 0.0430. The van der Waals surface area contributed by atoms with Gasteiger partial charge in [0, 0.05) is 5.56 Å². The van der Waals surface area contributed by atoms with E-state index in [1.807, 2.05) is 13.0 Å². The maximum absolute atomic E-state index is 11.4. The summed E-state index contributed by atoms with van der Waals surface area (Å²) in [7, 11) is 0. The summed E-state index contributed by atoms with van der Waals surface area (Å²) in [5, 5.41) is 30.1. The molecule has 0 aliphatic carbocycles. The lowest BCUT2D eigenvalue weighted by atomic mass is 9.96. The Balaban J connectivity index is 2.25. The lowest BCUT2D eigenvalue weighted by molar-refractivity contribution is 0.0697. The first-order chi connectivity index (χ1) is 12.8. The van der Waals surface area contributed by atoms with E-state index in [1.54, 1.807) is 18.2 Å². The van der Waals surface area contributed by atoms with E-state index in [9.17, 15) is 20.1 Å². The number of carboxylic acid groups (broad SMARTS) is 1. The van der Waals surface area contributed by atoms with Crippen LogP contribution in [0.3, 0.4) is 0 Å². The lowest BCUT2D eigenvalue weighted by Gasteiger charge is -2.11. The zero-order chi connectivity index (χ0) is 20.0. The highest BCUT2D eigenvalue weighted by atomic mass is 16.4. The number of aromatic hydroxyl groups is 2. The molecule has 0 spiro atoms. The van der Waals surface area contributed by atoms with Crippen molar-refractivity contribution in [3.05, 3.63) is 70.8 Å². The summed E-state index contributed by atoms with van der Waals surface area (Å²) in [6, 6.07) is 9.53. The van der Waals surface area contributed by atoms with E-state index in [0.29, 0.717) is 23.1 Å². The highest BCUT2D eigenvalue weighted by Crippen LogP contribution is 2.35. The minimum Gasteiger partial charge on any atom is -0.507 e. The van der Waals surface area contributed by atoms with Gasteiger partial charge in [0.15, 0.2) is 0 Å². The zero-order valence-electron chi connectivity index (χ0n) is 16.0. The van der Waals surface area contributed by atoms with Crippen molar-refractivity contribution in [3.63, 3.8) is 0 Å². The van der Waals surface area contributed by atoms with Gasteiger partial charge in [-0.25, -0.2) is 4.79 Å². The van der Waals surface area contributed by atoms with Gasteiger partial charge in [0.1, 0.15) is 11.5 Å². The van der Waals surface area contributed by atoms with E-state index in [2.05, 4.69) is 19.9 Å². The summed E-state index contributed by atoms with van der Waals surface area (Å²) in [5.41, 5.74) is 3.96. The highest BCUT2D eigenvalue weighted by molar-refractivity contribution is 5.96. The molecule has 0 heterocycles. The quantitative estimate of drug-likeness (QED) is 0.549. The average Bonchev–Trinajstić information content (AvgIpc) is 2.60. The molecular weight excluding hydrogens is 340 g/mol. The first kappa shape index (κ1) is 20.3. The molecule has 4 nitrogen and oxygen atoms in total. The van der Waals surface area contributed by atoms with Crippen LogP contribution in [0.1, 0.15) is 49.5 Å². The van der Waals surface area contributed by atoms with Crippen molar-refractivity contribution in [1.82, 2.24) is 0 Å². The van der Waals surface area contributed by atoms with Crippen molar-refractivity contribution in [2.24, 2.45) is 0 Å². The van der Waals surface area contributed by atoms with Crippen LogP contribution in [0.2, 0.25) is 0 Å². The van der Waals surface area contributed by atoms with Gasteiger partial charge in [0.05, 0.1) is 5.56 Å². The third-order valence-electron chi connectivity index (χ3n) is 4.42. The van der Waals surface area contributed by atoms with Crippen LogP contribution >= 0.6 is 0 Å². The number of phenolic OH excluding ortho intramolecular Hbond substituents is 2. The normalized spacial score (nSPS) is 11.3. The number of phenols is 2. The molecule has 0 saturated heterocycles. The summed E-state index contributed by atoms with van der Waals surface area (Å²) >= 11 is 0. The van der Waals surface area contributed by atoms with E-state index < -0.39 is 5.97 Å². The van der Waals surface area contributed by atoms with Crippen LogP contribution in [-0.4, -0.2) is 21.3 Å². The van der Waals surface area contributed by atoms with Gasteiger partial charge in [-0.2, -0.15) is 0 Å². The van der Waals surface area contributed by atoms with Gasteiger partial charge in [0.25, 0.3) is 0 Å². The number of hydrogen-bond acceptors (Lipinski definition) is 3. The topological polar surface area (TPSA) is 77.8 Å². The molecule has 0 aliphatic rings. The zero-order valence-corrected chi connectivity index (χ0v) is 16.0. The van der Waals surface area contributed by atoms with E-state index in [4.69, 9.17) is 0 Å². The van der Waals surface area contributed by atoms with E-state index >= 15 is 0 Å². The second-order valence-electron chi connectivity index (χ2n) is 6.92. The molecule has 0 bridgehead atoms. The number of benzene rings is 2. The molecular formula is C23H26O4. The Labute approximate surface area is 160 Å². The molecule has 0 aliphatic heterocycles. The Hall–Kier alpha value is -3.01. The standard InChI is InChI=1S/C23H26O4/c1-15(2)7-6-8-16(3)11-12-20-21(24)13-17(14-22(20)25)18-9-4-5-10-19(18)23(26)27/h4-5,7,9-11,13-14,24-25H,6,8,12H2,1-3H3,(H,26,27). The predicted octanol–water partition coefficient (Wildman–Crippen LogP) is 5.70. The Kier molecular flexibility index (Phi) is 6.83. The maximum atomic E-state index is 11.4. The molecule has 4 heteroatoms. The van der Waals surface area contributed by atoms with Crippen LogP contribution in [0.4, 0.5) is 0 Å². The molecule has 0 aromatic heterocycles. The number of aromatic carboxylic acids is 1. The number of allylic oxidation sites excluding steroid dienone is 4. The van der Waals surface area contributed by atoms with Gasteiger partial charge in [0.2, 0.25) is 0 Å². The smallest absolute Gasteiger partial charge is 0.336 e. The third-order valence-corrected chi connectivity index (χ3v) is 4.42. The summed E-state index contributed by atoms with van der Waals surface area (Å²) in [6.07, 6.45) is 6.49. The summed E-state index contributed by atoms with van der Waals surface area (Å²) in [4.78, 5) is 11.4. The van der Waals surface area contributed by atoms with Crippen molar-refractivity contribution in [2.45, 2.75) is 40.0 Å². The van der Waals surface area contributed by atoms with E-state index in [1.165, 1.54) is 29.3 Å². The van der Waals surface area contributed by atoms with Crippen molar-refractivity contribution in [1.29, 1.82) is 0 Å². The molecule has 0 radical (unpaired) electrons. The molecule has 142 valence electrons. The molecule has 2 aromatic rings. The molecule has 27 heavy (non-hydrogen) atoms. The summed E-state index contributed by atoms with van der Waals surface area (Å²) in [5.74, 6) is -1.14. The van der Waals surface area contributed by atoms with E-state index in [0.717, 1.165) is 12.8 Å². The number of hydrogen-bond donors (Lipinski definition) is 3. The van der Waals surface area contributed by atoms with E-state index in [-0.39, 0.29) is 17.1 Å². The maximum Gasteiger partial charge on any atom is 0.336 e. The molecule has 0 atom stereocenters. The summed E-state index contributed by atoms with van der Waals surface area (Å²) < 4.78 is 0. The number of rotatable bonds is 7. The first-order valence-corrected chi connectivity index (χ1v) is 8.96. The molecule has 0 saturated carbocycles. The summed E-state index contributed by atoms with van der Waals surface area (Å²) in [6.45, 7) is 6.17. The van der Waals surface area contributed by atoms with Crippen LogP contribution in [0.5, 0.6) is 11.5 Å². The Bertz CT molecular complexity index is 864. The van der Waals surface area contributed by atoms with Gasteiger partial charge in [-0.05, 0) is 69.4 Å². The van der Waals surface area contributed by atoms with Crippen molar-refractivity contribution in [2.75, 3.05) is 0 Å². The van der Waals surface area contributed by atoms with Crippen LogP contribution < -0.4 is 0 Å². The second kappa shape index (κ2) is 9.08. The molecule has 0 unspecified atom stereocenters. The molecule has 0 fully saturated rings. The Morgan fingerprint density at radius 2 is 1.63 bits per heavy atom. The van der Waals surface area contributed by atoms with Crippen molar-refractivity contribution < 1.29 is 20.1 Å². The fourth-order valence-electron chi connectivity index (χ4n) is 2.89. The predicted molar refractivity (Wildman–Crippen MR) is 108 cm³/mol. The fraction of sp³-hybridized carbons (Fsp3) is 0.261. The van der Waals surface area contributed by atoms with Gasteiger partial charge in [-0.1, -0.05) is 41.5 Å². The van der Waals surface area contributed by atoms with Crippen molar-refractivity contribution >= 4 is 5.97 Å². The van der Waals surface area contributed by atoms with Gasteiger partial charge in [-0.15, -0.1) is 0 Å². The molecule has 3 N–H and O–H groups in total. The Morgan fingerprint density at radius 1 is 1.00 bits per heavy atom. The van der Waals surface area contributed by atoms with Gasteiger partial charge in [-0.3, -0.25) is 0 Å². The SMILES string of the molecule is CC(C)=CCCC(C)=CCc1c(O)cc(-c2ccccc2C(=O)O)cc1O. The highest BCUT2D eigenvalue weighted by Gasteiger charge is 2.15. The minimum atomic E-state index is -1.05. The lowest BCUT2D eigenvalue weighted by Crippen LogP contribution is -1.99. The monoisotopic (exact) mass is 366 g/mol. The van der Waals surface area contributed by atoms with Crippen LogP contribution in [0, 0.1) is 0 Å². The van der Waals surface area contributed by atoms with Crippen LogP contribution in [-0.2, 0) is 6.42 Å². The van der Waals surface area contributed by atoms with Gasteiger partial charge < -0.3 is 15.3 Å².